The molecule has 1 aliphatic rings. The maximum Gasteiger partial charge on any atom is 0.326 e. The Balaban J connectivity index is 1.29. The standard InChI is InChI=1S/C26H22Cl3FN2O4/c27-19-2-1-3-20(28)24(19)25(33)31-23(26(34)35)11-15-4-7-17(8-5-15)36-18-13-32(14-18)12-16-6-9-22(30)21(29)10-16/h1-10,18,23H,11-14H2,(H,31,33)(H,34,35)/t23-/m0/s1. The molecule has 3 aromatic rings. The molecule has 0 unspecified atom stereocenters. The highest BCUT2D eigenvalue weighted by atomic mass is 35.5. The van der Waals surface area contributed by atoms with Crippen LogP contribution >= 0.6 is 34.8 Å². The van der Waals surface area contributed by atoms with Crippen molar-refractivity contribution in [2.75, 3.05) is 13.1 Å². The predicted octanol–water partition coefficient (Wildman–Crippen LogP) is 5.47. The molecule has 1 amide bonds. The van der Waals surface area contributed by atoms with Gasteiger partial charge >= 0.3 is 5.97 Å². The number of likely N-dealkylation sites (tertiary alicyclic amines) is 1. The molecule has 4 rings (SSSR count). The summed E-state index contributed by atoms with van der Waals surface area (Å²) < 4.78 is 19.3. The lowest BCUT2D eigenvalue weighted by Gasteiger charge is -2.39. The molecule has 188 valence electrons. The van der Waals surface area contributed by atoms with Crippen LogP contribution in [-0.2, 0) is 17.8 Å². The summed E-state index contributed by atoms with van der Waals surface area (Å²) in [5.74, 6) is -1.61. The van der Waals surface area contributed by atoms with Crippen molar-refractivity contribution >= 4 is 46.7 Å². The minimum Gasteiger partial charge on any atom is -0.488 e. The normalized spacial score (nSPS) is 14.7. The number of carbonyl (C=O) groups is 2. The Morgan fingerprint density at radius 2 is 1.64 bits per heavy atom. The van der Waals surface area contributed by atoms with Crippen LogP contribution in [0.25, 0.3) is 0 Å². The van der Waals surface area contributed by atoms with Crippen molar-refractivity contribution in [2.45, 2.75) is 25.1 Å². The smallest absolute Gasteiger partial charge is 0.326 e. The van der Waals surface area contributed by atoms with E-state index >= 15 is 0 Å². The number of amides is 1. The highest BCUT2D eigenvalue weighted by molar-refractivity contribution is 6.39. The minimum atomic E-state index is -1.18. The molecule has 36 heavy (non-hydrogen) atoms. The second-order valence-electron chi connectivity index (χ2n) is 8.49. The van der Waals surface area contributed by atoms with Gasteiger partial charge in [-0.3, -0.25) is 9.69 Å². The van der Waals surface area contributed by atoms with Gasteiger partial charge in [0.25, 0.3) is 5.91 Å². The Morgan fingerprint density at radius 3 is 2.25 bits per heavy atom. The average molecular weight is 552 g/mol. The Kier molecular flexibility index (Phi) is 8.36. The Bertz CT molecular complexity index is 1250. The van der Waals surface area contributed by atoms with E-state index in [1.54, 1.807) is 42.5 Å². The van der Waals surface area contributed by atoms with Gasteiger partial charge < -0.3 is 15.2 Å². The third-order valence-corrected chi connectivity index (χ3v) is 6.69. The Hall–Kier alpha value is -2.84. The summed E-state index contributed by atoms with van der Waals surface area (Å²) in [7, 11) is 0. The van der Waals surface area contributed by atoms with Crippen LogP contribution in [0.4, 0.5) is 4.39 Å². The molecule has 6 nitrogen and oxygen atoms in total. The number of nitrogens with one attached hydrogen (secondary N) is 1. The lowest BCUT2D eigenvalue weighted by atomic mass is 10.0. The molecule has 1 heterocycles. The summed E-state index contributed by atoms with van der Waals surface area (Å²) in [6, 6.07) is 15.2. The number of benzene rings is 3. The number of halogens is 4. The van der Waals surface area contributed by atoms with Crippen LogP contribution in [0, 0.1) is 5.82 Å². The van der Waals surface area contributed by atoms with Gasteiger partial charge in [0, 0.05) is 26.1 Å². The van der Waals surface area contributed by atoms with E-state index in [-0.39, 0.29) is 33.2 Å². The Morgan fingerprint density at radius 1 is 1.00 bits per heavy atom. The number of carboxylic acids is 1. The van der Waals surface area contributed by atoms with Gasteiger partial charge in [0.1, 0.15) is 23.7 Å². The SMILES string of the molecule is O=C(N[C@@H](Cc1ccc(OC2CN(Cc3ccc(F)c(Cl)c3)C2)cc1)C(=O)O)c1c(Cl)cccc1Cl. The van der Waals surface area contributed by atoms with Crippen molar-refractivity contribution < 1.29 is 23.8 Å². The van der Waals surface area contributed by atoms with E-state index < -0.39 is 23.7 Å². The van der Waals surface area contributed by atoms with Gasteiger partial charge in [-0.05, 0) is 47.5 Å². The molecule has 0 bridgehead atoms. The second kappa shape index (κ2) is 11.5. The van der Waals surface area contributed by atoms with Crippen LogP contribution in [0.15, 0.2) is 60.7 Å². The third kappa shape index (κ3) is 6.48. The van der Waals surface area contributed by atoms with E-state index in [9.17, 15) is 19.1 Å². The zero-order chi connectivity index (χ0) is 25.8. The molecular formula is C26H22Cl3FN2O4. The summed E-state index contributed by atoms with van der Waals surface area (Å²) in [6.07, 6.45) is 0.0825. The fraction of sp³-hybridized carbons (Fsp3) is 0.231. The highest BCUT2D eigenvalue weighted by Gasteiger charge is 2.29. The molecule has 1 aliphatic heterocycles. The summed E-state index contributed by atoms with van der Waals surface area (Å²) in [6.45, 7) is 2.09. The maximum absolute atomic E-state index is 13.3. The van der Waals surface area contributed by atoms with E-state index in [2.05, 4.69) is 10.2 Å². The summed E-state index contributed by atoms with van der Waals surface area (Å²) in [5, 5.41) is 12.5. The molecule has 2 N–H and O–H groups in total. The van der Waals surface area contributed by atoms with Crippen LogP contribution in [0.1, 0.15) is 21.5 Å². The molecule has 1 atom stereocenters. The number of ether oxygens (including phenoxy) is 1. The van der Waals surface area contributed by atoms with E-state index in [1.807, 2.05) is 0 Å². The number of carbonyl (C=O) groups excluding carboxylic acids is 1. The molecule has 10 heteroatoms. The number of rotatable bonds is 9. The zero-order valence-corrected chi connectivity index (χ0v) is 21.2. The monoisotopic (exact) mass is 550 g/mol. The van der Waals surface area contributed by atoms with Crippen LogP contribution in [0.2, 0.25) is 15.1 Å². The topological polar surface area (TPSA) is 78.9 Å². The van der Waals surface area contributed by atoms with Crippen molar-refractivity contribution in [1.29, 1.82) is 0 Å². The number of nitrogens with zero attached hydrogens (tertiary/aromatic N) is 1. The largest absolute Gasteiger partial charge is 0.488 e. The van der Waals surface area contributed by atoms with E-state index in [0.29, 0.717) is 30.9 Å². The first kappa shape index (κ1) is 26.2. The lowest BCUT2D eigenvalue weighted by Crippen LogP contribution is -2.53. The van der Waals surface area contributed by atoms with Crippen LogP contribution < -0.4 is 10.1 Å². The number of hydrogen-bond donors (Lipinski definition) is 2. The van der Waals surface area contributed by atoms with E-state index in [1.165, 1.54) is 18.2 Å². The van der Waals surface area contributed by atoms with Crippen molar-refractivity contribution in [3.63, 3.8) is 0 Å². The van der Waals surface area contributed by atoms with Crippen LogP contribution in [0.3, 0.4) is 0 Å². The number of carboxylic acid groups (broad SMARTS) is 1. The first-order valence-electron chi connectivity index (χ1n) is 11.1. The van der Waals surface area contributed by atoms with E-state index in [4.69, 9.17) is 39.5 Å². The van der Waals surface area contributed by atoms with Gasteiger partial charge in [-0.15, -0.1) is 0 Å². The van der Waals surface area contributed by atoms with Gasteiger partial charge in [0.05, 0.1) is 20.6 Å². The van der Waals surface area contributed by atoms with Gasteiger partial charge in [-0.1, -0.05) is 59.1 Å². The molecule has 1 saturated heterocycles. The molecule has 0 radical (unpaired) electrons. The highest BCUT2D eigenvalue weighted by Crippen LogP contribution is 2.25. The minimum absolute atomic E-state index is 0.0122. The maximum atomic E-state index is 13.3. The molecule has 1 fully saturated rings. The van der Waals surface area contributed by atoms with E-state index in [0.717, 1.165) is 5.56 Å². The molecule has 0 saturated carbocycles. The quantitative estimate of drug-likeness (QED) is 0.368. The average Bonchev–Trinajstić information content (AvgIpc) is 2.80. The van der Waals surface area contributed by atoms with Gasteiger partial charge in [-0.2, -0.15) is 0 Å². The Labute approximate surface area is 222 Å². The molecule has 3 aromatic carbocycles. The first-order chi connectivity index (χ1) is 17.2. The lowest BCUT2D eigenvalue weighted by molar-refractivity contribution is -0.139. The van der Waals surface area contributed by atoms with Crippen LogP contribution in [0.5, 0.6) is 5.75 Å². The summed E-state index contributed by atoms with van der Waals surface area (Å²) in [4.78, 5) is 26.5. The molecule has 0 aromatic heterocycles. The second-order valence-corrected chi connectivity index (χ2v) is 9.71. The van der Waals surface area contributed by atoms with Gasteiger partial charge in [0.15, 0.2) is 0 Å². The van der Waals surface area contributed by atoms with Crippen LogP contribution in [-0.4, -0.2) is 47.1 Å². The fourth-order valence-electron chi connectivity index (χ4n) is 3.90. The summed E-state index contributed by atoms with van der Waals surface area (Å²) >= 11 is 18.0. The first-order valence-corrected chi connectivity index (χ1v) is 12.2. The predicted molar refractivity (Wildman–Crippen MR) is 137 cm³/mol. The number of hydrogen-bond acceptors (Lipinski definition) is 4. The number of aliphatic carboxylic acids is 1. The van der Waals surface area contributed by atoms with Gasteiger partial charge in [-0.25, -0.2) is 9.18 Å². The molecule has 0 spiro atoms. The van der Waals surface area contributed by atoms with Crippen molar-refractivity contribution in [2.24, 2.45) is 0 Å². The summed E-state index contributed by atoms with van der Waals surface area (Å²) in [5.41, 5.74) is 1.68. The molecular weight excluding hydrogens is 530 g/mol. The third-order valence-electron chi connectivity index (χ3n) is 5.77. The zero-order valence-electron chi connectivity index (χ0n) is 18.9. The van der Waals surface area contributed by atoms with Crippen molar-refractivity contribution in [3.05, 3.63) is 98.2 Å². The van der Waals surface area contributed by atoms with Gasteiger partial charge in [0.2, 0.25) is 0 Å². The fourth-order valence-corrected chi connectivity index (χ4v) is 4.67. The van der Waals surface area contributed by atoms with Crippen molar-refractivity contribution in [3.8, 4) is 5.75 Å². The van der Waals surface area contributed by atoms with Crippen molar-refractivity contribution in [1.82, 2.24) is 10.2 Å². The molecule has 0 aliphatic carbocycles.